The van der Waals surface area contributed by atoms with Crippen LogP contribution >= 0.6 is 15.9 Å². The maximum absolute atomic E-state index is 12.3. The number of nitrogens with two attached hydrogens (primary N) is 1. The van der Waals surface area contributed by atoms with Gasteiger partial charge >= 0.3 is 6.36 Å². The summed E-state index contributed by atoms with van der Waals surface area (Å²) in [6.45, 7) is -0.103. The van der Waals surface area contributed by atoms with Gasteiger partial charge in [-0.15, -0.1) is 13.2 Å². The van der Waals surface area contributed by atoms with E-state index in [1.807, 2.05) is 0 Å². The highest BCUT2D eigenvalue weighted by molar-refractivity contribution is 9.10. The Balaban J connectivity index is 2.97. The van der Waals surface area contributed by atoms with Gasteiger partial charge in [-0.3, -0.25) is 4.79 Å². The van der Waals surface area contributed by atoms with Crippen molar-refractivity contribution in [1.82, 2.24) is 0 Å². The SMILES string of the molecule is COC(CN)C(=O)Nc1ccc(Br)cc1OC(F)(F)F. The Morgan fingerprint density at radius 2 is 2.15 bits per heavy atom. The maximum Gasteiger partial charge on any atom is 0.573 e. The van der Waals surface area contributed by atoms with Crippen LogP contribution in [0.4, 0.5) is 18.9 Å². The van der Waals surface area contributed by atoms with Crippen LogP contribution in [-0.4, -0.2) is 32.0 Å². The van der Waals surface area contributed by atoms with E-state index in [1.165, 1.54) is 19.2 Å². The Morgan fingerprint density at radius 3 is 2.65 bits per heavy atom. The maximum atomic E-state index is 12.3. The largest absolute Gasteiger partial charge is 0.573 e. The number of carbonyl (C=O) groups excluding carboxylic acids is 1. The number of rotatable bonds is 5. The van der Waals surface area contributed by atoms with E-state index in [-0.39, 0.29) is 12.2 Å². The smallest absolute Gasteiger partial charge is 0.404 e. The third kappa shape index (κ3) is 4.99. The summed E-state index contributed by atoms with van der Waals surface area (Å²) in [4.78, 5) is 11.7. The van der Waals surface area contributed by atoms with E-state index < -0.39 is 24.1 Å². The van der Waals surface area contributed by atoms with Crippen LogP contribution in [0.3, 0.4) is 0 Å². The molecule has 112 valence electrons. The molecule has 1 atom stereocenters. The number of benzene rings is 1. The zero-order valence-electron chi connectivity index (χ0n) is 10.3. The lowest BCUT2D eigenvalue weighted by atomic mass is 10.2. The number of amides is 1. The molecule has 0 aliphatic carbocycles. The molecule has 0 aromatic heterocycles. The quantitative estimate of drug-likeness (QED) is 0.848. The van der Waals surface area contributed by atoms with Crippen LogP contribution in [0.5, 0.6) is 5.75 Å². The Bertz CT molecular complexity index is 478. The number of hydrogen-bond acceptors (Lipinski definition) is 4. The van der Waals surface area contributed by atoms with E-state index in [2.05, 4.69) is 26.0 Å². The van der Waals surface area contributed by atoms with Crippen molar-refractivity contribution in [2.45, 2.75) is 12.5 Å². The summed E-state index contributed by atoms with van der Waals surface area (Å²) in [7, 11) is 1.27. The first-order chi connectivity index (χ1) is 9.26. The Kier molecular flexibility index (Phi) is 5.78. The van der Waals surface area contributed by atoms with Gasteiger partial charge in [0.2, 0.25) is 0 Å². The van der Waals surface area contributed by atoms with E-state index in [1.54, 1.807) is 0 Å². The van der Waals surface area contributed by atoms with Crippen LogP contribution in [0.15, 0.2) is 22.7 Å². The molecule has 20 heavy (non-hydrogen) atoms. The highest BCUT2D eigenvalue weighted by Crippen LogP contribution is 2.33. The highest BCUT2D eigenvalue weighted by atomic mass is 79.9. The molecule has 0 saturated heterocycles. The van der Waals surface area contributed by atoms with Crippen LogP contribution in [0.2, 0.25) is 0 Å². The third-order valence-corrected chi connectivity index (χ3v) is 2.71. The number of alkyl halides is 3. The Hall–Kier alpha value is -1.32. The van der Waals surface area contributed by atoms with Crippen molar-refractivity contribution in [3.63, 3.8) is 0 Å². The van der Waals surface area contributed by atoms with E-state index in [4.69, 9.17) is 10.5 Å². The molecule has 1 rings (SSSR count). The summed E-state index contributed by atoms with van der Waals surface area (Å²) in [5, 5.41) is 2.27. The molecular weight excluding hydrogens is 345 g/mol. The number of ether oxygens (including phenoxy) is 2. The number of anilines is 1. The van der Waals surface area contributed by atoms with Crippen molar-refractivity contribution < 1.29 is 27.4 Å². The number of hydrogen-bond donors (Lipinski definition) is 2. The fourth-order valence-corrected chi connectivity index (χ4v) is 1.67. The molecule has 0 heterocycles. The minimum absolute atomic E-state index is 0.103. The van der Waals surface area contributed by atoms with E-state index in [0.29, 0.717) is 4.47 Å². The van der Waals surface area contributed by atoms with Crippen molar-refractivity contribution >= 4 is 27.5 Å². The normalized spacial score (nSPS) is 12.9. The molecule has 3 N–H and O–H groups in total. The predicted octanol–water partition coefficient (Wildman–Crippen LogP) is 2.26. The van der Waals surface area contributed by atoms with Gasteiger partial charge in [-0.1, -0.05) is 15.9 Å². The molecule has 1 aromatic rings. The van der Waals surface area contributed by atoms with Gasteiger partial charge in [0.25, 0.3) is 5.91 Å². The van der Waals surface area contributed by atoms with Gasteiger partial charge in [-0.05, 0) is 18.2 Å². The molecule has 0 radical (unpaired) electrons. The topological polar surface area (TPSA) is 73.6 Å². The highest BCUT2D eigenvalue weighted by Gasteiger charge is 2.32. The lowest BCUT2D eigenvalue weighted by Crippen LogP contribution is -2.36. The second kappa shape index (κ2) is 6.91. The molecule has 1 aromatic carbocycles. The Morgan fingerprint density at radius 1 is 1.50 bits per heavy atom. The molecule has 0 spiro atoms. The van der Waals surface area contributed by atoms with Gasteiger partial charge < -0.3 is 20.5 Å². The molecule has 0 bridgehead atoms. The summed E-state index contributed by atoms with van der Waals surface area (Å²) >= 11 is 3.02. The zero-order valence-corrected chi connectivity index (χ0v) is 11.9. The van der Waals surface area contributed by atoms with Crippen molar-refractivity contribution in [3.8, 4) is 5.75 Å². The van der Waals surface area contributed by atoms with Crippen LogP contribution < -0.4 is 15.8 Å². The molecular formula is C11H12BrF3N2O3. The first-order valence-corrected chi connectivity index (χ1v) is 6.15. The first kappa shape index (κ1) is 16.7. The summed E-state index contributed by atoms with van der Waals surface area (Å²) in [6, 6.07) is 3.82. The average molecular weight is 357 g/mol. The van der Waals surface area contributed by atoms with E-state index in [9.17, 15) is 18.0 Å². The van der Waals surface area contributed by atoms with E-state index in [0.717, 1.165) is 6.07 Å². The van der Waals surface area contributed by atoms with Crippen molar-refractivity contribution in [1.29, 1.82) is 0 Å². The van der Waals surface area contributed by atoms with Crippen LogP contribution in [-0.2, 0) is 9.53 Å². The third-order valence-electron chi connectivity index (χ3n) is 2.22. The zero-order chi connectivity index (χ0) is 15.3. The van der Waals surface area contributed by atoms with Crippen molar-refractivity contribution in [2.24, 2.45) is 5.73 Å². The summed E-state index contributed by atoms with van der Waals surface area (Å²) < 4.78 is 45.9. The van der Waals surface area contributed by atoms with Crippen molar-refractivity contribution in [3.05, 3.63) is 22.7 Å². The summed E-state index contributed by atoms with van der Waals surface area (Å²) in [5.74, 6) is -1.20. The van der Waals surface area contributed by atoms with Crippen molar-refractivity contribution in [2.75, 3.05) is 19.0 Å². The number of methoxy groups -OCH3 is 1. The molecule has 0 aliphatic heterocycles. The average Bonchev–Trinajstić information content (AvgIpc) is 2.32. The molecule has 0 aliphatic rings. The minimum atomic E-state index is -4.87. The number of carbonyl (C=O) groups is 1. The molecule has 9 heteroatoms. The Labute approximate surface area is 121 Å². The fraction of sp³-hybridized carbons (Fsp3) is 0.364. The fourth-order valence-electron chi connectivity index (χ4n) is 1.33. The first-order valence-electron chi connectivity index (χ1n) is 5.36. The van der Waals surface area contributed by atoms with Gasteiger partial charge in [0.1, 0.15) is 6.10 Å². The second-order valence-electron chi connectivity index (χ2n) is 3.64. The molecule has 1 amide bonds. The monoisotopic (exact) mass is 356 g/mol. The second-order valence-corrected chi connectivity index (χ2v) is 4.55. The lowest BCUT2D eigenvalue weighted by Gasteiger charge is -2.17. The van der Waals surface area contributed by atoms with E-state index >= 15 is 0 Å². The molecule has 0 saturated carbocycles. The lowest BCUT2D eigenvalue weighted by molar-refractivity contribution is -0.274. The van der Waals surface area contributed by atoms with Gasteiger partial charge in [0, 0.05) is 18.1 Å². The predicted molar refractivity (Wildman–Crippen MR) is 69.3 cm³/mol. The van der Waals surface area contributed by atoms with Crippen LogP contribution in [0.25, 0.3) is 0 Å². The van der Waals surface area contributed by atoms with Crippen LogP contribution in [0, 0.1) is 0 Å². The molecule has 1 unspecified atom stereocenters. The van der Waals surface area contributed by atoms with Crippen LogP contribution in [0.1, 0.15) is 0 Å². The summed E-state index contributed by atoms with van der Waals surface area (Å²) in [6.07, 6.45) is -5.83. The van der Waals surface area contributed by atoms with Gasteiger partial charge in [-0.2, -0.15) is 0 Å². The number of nitrogens with one attached hydrogen (secondary N) is 1. The minimum Gasteiger partial charge on any atom is -0.404 e. The van der Waals surface area contributed by atoms with Gasteiger partial charge in [-0.25, -0.2) is 0 Å². The standard InChI is InChI=1S/C11H12BrF3N2O3/c1-19-9(5-16)10(18)17-7-3-2-6(12)4-8(7)20-11(13,14)15/h2-4,9H,5,16H2,1H3,(H,17,18). The number of halogens is 4. The van der Waals surface area contributed by atoms with Gasteiger partial charge in [0.05, 0.1) is 5.69 Å². The molecule has 0 fully saturated rings. The molecule has 5 nitrogen and oxygen atoms in total. The summed E-state index contributed by atoms with van der Waals surface area (Å²) in [5.41, 5.74) is 5.16. The van der Waals surface area contributed by atoms with Gasteiger partial charge in [0.15, 0.2) is 5.75 Å².